The summed E-state index contributed by atoms with van der Waals surface area (Å²) in [6, 6.07) is 3.76. The van der Waals surface area contributed by atoms with Gasteiger partial charge in [0.2, 0.25) is 5.95 Å². The Balaban J connectivity index is 2.40. The summed E-state index contributed by atoms with van der Waals surface area (Å²) in [4.78, 5) is 8.23. The Bertz CT molecular complexity index is 688. The molecule has 1 aromatic carbocycles. The molecule has 0 radical (unpaired) electrons. The minimum absolute atomic E-state index is 0.0485. The van der Waals surface area contributed by atoms with Gasteiger partial charge in [0.1, 0.15) is 22.3 Å². The van der Waals surface area contributed by atoms with E-state index in [2.05, 4.69) is 15.3 Å². The Morgan fingerprint density at radius 2 is 1.85 bits per heavy atom. The number of hydrogen-bond donors (Lipinski definition) is 2. The molecule has 0 amide bonds. The molecule has 1 heterocycles. The van der Waals surface area contributed by atoms with Gasteiger partial charge >= 0.3 is 0 Å². The van der Waals surface area contributed by atoms with Gasteiger partial charge in [-0.3, -0.25) is 0 Å². The molecule has 1 aromatic heterocycles. The summed E-state index contributed by atoms with van der Waals surface area (Å²) < 4.78 is 27.2. The van der Waals surface area contributed by atoms with Crippen LogP contribution in [0.15, 0.2) is 18.2 Å². The quantitative estimate of drug-likeness (QED) is 0.852. The summed E-state index contributed by atoms with van der Waals surface area (Å²) in [5.41, 5.74) is 6.65. The van der Waals surface area contributed by atoms with Crippen LogP contribution in [-0.2, 0) is 0 Å². The Hall–Kier alpha value is -2.15. The van der Waals surface area contributed by atoms with E-state index in [1.165, 1.54) is 6.92 Å². The summed E-state index contributed by atoms with van der Waals surface area (Å²) in [5, 5.41) is 2.62. The molecule has 3 N–H and O–H groups in total. The molecule has 2 rings (SSSR count). The maximum Gasteiger partial charge on any atom is 0.228 e. The summed E-state index contributed by atoms with van der Waals surface area (Å²) in [5.74, 6) is -1.00. The number of aromatic nitrogens is 2. The van der Waals surface area contributed by atoms with Gasteiger partial charge in [0.15, 0.2) is 0 Å². The third kappa shape index (κ3) is 3.05. The first kappa shape index (κ1) is 14.3. The van der Waals surface area contributed by atoms with E-state index in [9.17, 15) is 8.78 Å². The largest absolute Gasteiger partial charge is 0.388 e. The molecule has 0 bridgehead atoms. The number of nitrogens with one attached hydrogen (secondary N) is 1. The number of rotatable bonds is 3. The predicted octanol–water partition coefficient (Wildman–Crippen LogP) is 2.75. The van der Waals surface area contributed by atoms with Gasteiger partial charge in [-0.15, -0.1) is 0 Å². The summed E-state index contributed by atoms with van der Waals surface area (Å²) in [6.45, 7) is 3.21. The maximum absolute atomic E-state index is 13.7. The molecular formula is C13H12F2N4S. The highest BCUT2D eigenvalue weighted by molar-refractivity contribution is 7.80. The lowest BCUT2D eigenvalue weighted by Crippen LogP contribution is -2.14. The van der Waals surface area contributed by atoms with Crippen molar-refractivity contribution in [2.45, 2.75) is 13.8 Å². The molecule has 0 aliphatic heterocycles. The van der Waals surface area contributed by atoms with Crippen molar-refractivity contribution in [1.82, 2.24) is 9.97 Å². The van der Waals surface area contributed by atoms with Crippen molar-refractivity contribution >= 4 is 28.8 Å². The zero-order valence-electron chi connectivity index (χ0n) is 10.9. The van der Waals surface area contributed by atoms with Gasteiger partial charge in [0.25, 0.3) is 0 Å². The number of aryl methyl sites for hydroxylation is 2. The van der Waals surface area contributed by atoms with Crippen LogP contribution >= 0.6 is 12.2 Å². The highest BCUT2D eigenvalue weighted by Crippen LogP contribution is 2.21. The molecule has 0 atom stereocenters. The number of hydrogen-bond acceptors (Lipinski definition) is 4. The molecule has 0 fully saturated rings. The zero-order chi connectivity index (χ0) is 14.9. The van der Waals surface area contributed by atoms with E-state index in [4.69, 9.17) is 18.0 Å². The molecule has 20 heavy (non-hydrogen) atoms. The standard InChI is InChI=1S/C13H12F2N4S/c1-6-3-9(15)10(5-8(6)14)18-13-17-7(2)4-11(19-13)12(16)20/h3-5H,1-2H3,(H2,16,20)(H,17,18,19). The zero-order valence-corrected chi connectivity index (χ0v) is 11.7. The van der Waals surface area contributed by atoms with Crippen LogP contribution in [0.4, 0.5) is 20.4 Å². The Kier molecular flexibility index (Phi) is 3.89. The van der Waals surface area contributed by atoms with Crippen LogP contribution in [-0.4, -0.2) is 15.0 Å². The van der Waals surface area contributed by atoms with Crippen molar-refractivity contribution in [3.8, 4) is 0 Å². The number of thiocarbonyl (C=S) groups is 1. The van der Waals surface area contributed by atoms with Crippen molar-refractivity contribution in [3.63, 3.8) is 0 Å². The van der Waals surface area contributed by atoms with Gasteiger partial charge in [-0.25, -0.2) is 18.7 Å². The van der Waals surface area contributed by atoms with Gasteiger partial charge in [-0.2, -0.15) is 0 Å². The van der Waals surface area contributed by atoms with E-state index < -0.39 is 11.6 Å². The SMILES string of the molecule is Cc1cc(C(N)=S)nc(Nc2cc(F)c(C)cc2F)n1. The van der Waals surface area contributed by atoms with E-state index in [0.29, 0.717) is 11.4 Å². The lowest BCUT2D eigenvalue weighted by Gasteiger charge is -2.09. The van der Waals surface area contributed by atoms with Gasteiger partial charge < -0.3 is 11.1 Å². The van der Waals surface area contributed by atoms with Gasteiger partial charge in [-0.05, 0) is 31.5 Å². The molecule has 0 spiro atoms. The van der Waals surface area contributed by atoms with E-state index >= 15 is 0 Å². The number of benzene rings is 1. The normalized spacial score (nSPS) is 10.4. The smallest absolute Gasteiger partial charge is 0.228 e. The van der Waals surface area contributed by atoms with Gasteiger partial charge in [0, 0.05) is 11.8 Å². The molecule has 0 saturated carbocycles. The number of halogens is 2. The molecule has 4 nitrogen and oxygen atoms in total. The highest BCUT2D eigenvalue weighted by atomic mass is 32.1. The van der Waals surface area contributed by atoms with Crippen LogP contribution in [0.3, 0.4) is 0 Å². The third-order valence-electron chi connectivity index (χ3n) is 2.60. The van der Waals surface area contributed by atoms with Crippen LogP contribution in [0.25, 0.3) is 0 Å². The lowest BCUT2D eigenvalue weighted by molar-refractivity contribution is 0.595. The first-order valence-electron chi connectivity index (χ1n) is 5.75. The van der Waals surface area contributed by atoms with Crippen LogP contribution in [0.2, 0.25) is 0 Å². The fourth-order valence-corrected chi connectivity index (χ4v) is 1.72. The van der Waals surface area contributed by atoms with Crippen LogP contribution in [0.5, 0.6) is 0 Å². The number of nitrogens with two attached hydrogens (primary N) is 1. The Morgan fingerprint density at radius 3 is 2.50 bits per heavy atom. The van der Waals surface area contributed by atoms with Crippen LogP contribution < -0.4 is 11.1 Å². The van der Waals surface area contributed by atoms with Gasteiger partial charge in [0.05, 0.1) is 5.69 Å². The fraction of sp³-hybridized carbons (Fsp3) is 0.154. The lowest BCUT2D eigenvalue weighted by atomic mass is 10.2. The van der Waals surface area contributed by atoms with Crippen LogP contribution in [0, 0.1) is 25.5 Å². The molecule has 2 aromatic rings. The molecule has 0 unspecified atom stereocenters. The predicted molar refractivity (Wildman–Crippen MR) is 77.0 cm³/mol. The van der Waals surface area contributed by atoms with Crippen molar-refractivity contribution in [3.05, 3.63) is 46.8 Å². The van der Waals surface area contributed by atoms with E-state index in [-0.39, 0.29) is 22.2 Å². The summed E-state index contributed by atoms with van der Waals surface area (Å²) >= 11 is 4.84. The second-order valence-corrected chi connectivity index (χ2v) is 4.73. The minimum Gasteiger partial charge on any atom is -0.388 e. The average molecular weight is 294 g/mol. The molecule has 104 valence electrons. The van der Waals surface area contributed by atoms with Crippen molar-refractivity contribution in [2.75, 3.05) is 5.32 Å². The monoisotopic (exact) mass is 294 g/mol. The first-order chi connectivity index (χ1) is 9.36. The Morgan fingerprint density at radius 1 is 1.15 bits per heavy atom. The van der Waals surface area contributed by atoms with Crippen molar-refractivity contribution < 1.29 is 8.78 Å². The first-order valence-corrected chi connectivity index (χ1v) is 6.16. The second kappa shape index (κ2) is 5.46. The molecule has 0 aliphatic rings. The topological polar surface area (TPSA) is 63.8 Å². The van der Waals surface area contributed by atoms with E-state index in [1.54, 1.807) is 13.0 Å². The molecular weight excluding hydrogens is 282 g/mol. The summed E-state index contributed by atoms with van der Waals surface area (Å²) in [7, 11) is 0. The molecule has 0 saturated heterocycles. The fourth-order valence-electron chi connectivity index (χ4n) is 1.61. The molecule has 0 aliphatic carbocycles. The minimum atomic E-state index is -0.592. The Labute approximate surface area is 120 Å². The summed E-state index contributed by atoms with van der Waals surface area (Å²) in [6.07, 6.45) is 0. The van der Waals surface area contributed by atoms with Crippen molar-refractivity contribution in [2.24, 2.45) is 5.73 Å². The average Bonchev–Trinajstić information content (AvgIpc) is 2.35. The number of anilines is 2. The maximum atomic E-state index is 13.7. The highest BCUT2D eigenvalue weighted by Gasteiger charge is 2.10. The molecule has 7 heteroatoms. The third-order valence-corrected chi connectivity index (χ3v) is 2.81. The second-order valence-electron chi connectivity index (χ2n) is 4.29. The number of nitrogens with zero attached hydrogens (tertiary/aromatic N) is 2. The van der Waals surface area contributed by atoms with E-state index in [0.717, 1.165) is 12.1 Å². The van der Waals surface area contributed by atoms with Gasteiger partial charge in [-0.1, -0.05) is 12.2 Å². The van der Waals surface area contributed by atoms with E-state index in [1.807, 2.05) is 0 Å². The van der Waals surface area contributed by atoms with Crippen LogP contribution in [0.1, 0.15) is 17.0 Å². The van der Waals surface area contributed by atoms with Crippen molar-refractivity contribution in [1.29, 1.82) is 0 Å².